The Kier molecular flexibility index (Phi) is 11.6. The summed E-state index contributed by atoms with van der Waals surface area (Å²) in [6.45, 7) is 2.36. The molecule has 0 saturated carbocycles. The van der Waals surface area contributed by atoms with Gasteiger partial charge in [0.1, 0.15) is 11.5 Å². The molecule has 0 saturated heterocycles. The van der Waals surface area contributed by atoms with Gasteiger partial charge in [-0.05, 0) is 55.0 Å². The van der Waals surface area contributed by atoms with Gasteiger partial charge >= 0.3 is 11.9 Å². The quantitative estimate of drug-likeness (QED) is 0.368. The Morgan fingerprint density at radius 1 is 0.808 bits per heavy atom. The predicted molar refractivity (Wildman–Crippen MR) is 93.4 cm³/mol. The third-order valence-corrected chi connectivity index (χ3v) is 2.83. The molecule has 2 aromatic rings. The van der Waals surface area contributed by atoms with Crippen LogP contribution in [0.1, 0.15) is 34.1 Å². The van der Waals surface area contributed by atoms with Gasteiger partial charge in [0.25, 0.3) is 0 Å². The average molecular weight is 366 g/mol. The Labute approximate surface area is 150 Å². The molecular formula is C18H22O8. The van der Waals surface area contributed by atoms with Crippen LogP contribution in [0.15, 0.2) is 48.5 Å². The van der Waals surface area contributed by atoms with E-state index >= 15 is 0 Å². The Morgan fingerprint density at radius 2 is 1.19 bits per heavy atom. The molecule has 0 radical (unpaired) electrons. The summed E-state index contributed by atoms with van der Waals surface area (Å²) in [5, 5.41) is 29.8. The van der Waals surface area contributed by atoms with Gasteiger partial charge in [-0.1, -0.05) is 6.92 Å². The molecule has 0 heterocycles. The van der Waals surface area contributed by atoms with Gasteiger partial charge in [0, 0.05) is 0 Å². The summed E-state index contributed by atoms with van der Waals surface area (Å²) in [5.41, 5.74) is 0.900. The molecule has 0 fully saturated rings. The van der Waals surface area contributed by atoms with Gasteiger partial charge in [-0.3, -0.25) is 10.5 Å². The number of hydrogen-bond donors (Lipinski definition) is 4. The zero-order valence-corrected chi connectivity index (χ0v) is 14.5. The lowest BCUT2D eigenvalue weighted by molar-refractivity contribution is -0.176. The van der Waals surface area contributed by atoms with Crippen LogP contribution in [-0.4, -0.2) is 46.4 Å². The highest BCUT2D eigenvalue weighted by Gasteiger charge is 2.05. The van der Waals surface area contributed by atoms with E-state index < -0.39 is 5.97 Å². The number of phenols is 2. The number of benzene rings is 2. The molecule has 0 aliphatic carbocycles. The molecular weight excluding hydrogens is 344 g/mol. The summed E-state index contributed by atoms with van der Waals surface area (Å²) < 4.78 is 9.35. The van der Waals surface area contributed by atoms with Gasteiger partial charge < -0.3 is 19.7 Å². The molecule has 0 atom stereocenters. The molecule has 2 rings (SSSR count). The molecule has 2 aromatic carbocycles. The number of carbonyl (C=O) groups is 2. The third-order valence-electron chi connectivity index (χ3n) is 2.83. The van der Waals surface area contributed by atoms with Crippen molar-refractivity contribution in [3.63, 3.8) is 0 Å². The summed E-state index contributed by atoms with van der Waals surface area (Å²) >= 11 is 0. The fourth-order valence-corrected chi connectivity index (χ4v) is 1.59. The number of esters is 2. The fraction of sp³-hybridized carbons (Fsp3) is 0.222. The number of phenolic OH excluding ortho intramolecular Hbond substituents is 2. The highest BCUT2D eigenvalue weighted by molar-refractivity contribution is 5.89. The van der Waals surface area contributed by atoms with Crippen LogP contribution in [0.25, 0.3) is 0 Å². The molecule has 4 N–H and O–H groups in total. The van der Waals surface area contributed by atoms with E-state index in [0.717, 1.165) is 6.42 Å². The number of methoxy groups -OCH3 is 1. The van der Waals surface area contributed by atoms with Crippen LogP contribution < -0.4 is 0 Å². The van der Waals surface area contributed by atoms with Crippen LogP contribution in [0.5, 0.6) is 11.5 Å². The van der Waals surface area contributed by atoms with E-state index in [1.807, 2.05) is 6.92 Å². The second-order valence-electron chi connectivity index (χ2n) is 4.72. The number of hydrogen-bond acceptors (Lipinski definition) is 8. The molecule has 8 nitrogen and oxygen atoms in total. The van der Waals surface area contributed by atoms with E-state index in [1.165, 1.54) is 55.6 Å². The molecule has 0 unspecified atom stereocenters. The Hall–Kier alpha value is -3.10. The van der Waals surface area contributed by atoms with Gasteiger partial charge in [-0.2, -0.15) is 0 Å². The topological polar surface area (TPSA) is 134 Å². The molecule has 0 spiro atoms. The SMILES string of the molecule is CCCOC(=O)c1ccc(O)cc1.COC(=O)c1ccc(O)cc1.OO. The standard InChI is InChI=1S/C10H12O3.C8H8O3.H2O2/c1-2-7-13-10(12)8-3-5-9(11)6-4-8;1-11-8(10)6-2-4-7(9)5-3-6;1-2/h3-6,11H,2,7H2,1H3;2-5,9H,1H3;1-2H. The summed E-state index contributed by atoms with van der Waals surface area (Å²) in [4.78, 5) is 22.0. The monoisotopic (exact) mass is 366 g/mol. The molecule has 0 amide bonds. The molecule has 142 valence electrons. The number of carbonyl (C=O) groups excluding carboxylic acids is 2. The van der Waals surface area contributed by atoms with Crippen molar-refractivity contribution >= 4 is 11.9 Å². The van der Waals surface area contributed by atoms with Gasteiger partial charge in [-0.15, -0.1) is 0 Å². The fourth-order valence-electron chi connectivity index (χ4n) is 1.59. The molecule has 0 aliphatic rings. The summed E-state index contributed by atoms with van der Waals surface area (Å²) in [6, 6.07) is 11.9. The minimum Gasteiger partial charge on any atom is -0.508 e. The maximum absolute atomic E-state index is 11.2. The highest BCUT2D eigenvalue weighted by atomic mass is 17.0. The van der Waals surface area contributed by atoms with Crippen LogP contribution in [0, 0.1) is 0 Å². The highest BCUT2D eigenvalue weighted by Crippen LogP contribution is 2.11. The van der Waals surface area contributed by atoms with E-state index in [-0.39, 0.29) is 17.5 Å². The first-order chi connectivity index (χ1) is 12.5. The van der Waals surface area contributed by atoms with Crippen molar-refractivity contribution in [2.24, 2.45) is 0 Å². The van der Waals surface area contributed by atoms with Crippen molar-refractivity contribution in [3.8, 4) is 11.5 Å². The summed E-state index contributed by atoms with van der Waals surface area (Å²) in [5.74, 6) is -0.462. The Balaban J connectivity index is 0.000000444. The third kappa shape index (κ3) is 8.67. The number of aromatic hydroxyl groups is 2. The maximum Gasteiger partial charge on any atom is 0.338 e. The van der Waals surface area contributed by atoms with E-state index in [4.69, 9.17) is 25.5 Å². The maximum atomic E-state index is 11.2. The van der Waals surface area contributed by atoms with Crippen molar-refractivity contribution in [3.05, 3.63) is 59.7 Å². The first-order valence-corrected chi connectivity index (χ1v) is 7.51. The van der Waals surface area contributed by atoms with Gasteiger partial charge in [0.15, 0.2) is 0 Å². The largest absolute Gasteiger partial charge is 0.508 e. The molecule has 0 bridgehead atoms. The van der Waals surface area contributed by atoms with Crippen LogP contribution in [0.2, 0.25) is 0 Å². The van der Waals surface area contributed by atoms with Crippen molar-refractivity contribution < 1.29 is 39.8 Å². The predicted octanol–water partition coefficient (Wildman–Crippen LogP) is 3.16. The van der Waals surface area contributed by atoms with E-state index in [9.17, 15) is 9.59 Å². The van der Waals surface area contributed by atoms with E-state index in [2.05, 4.69) is 4.74 Å². The lowest BCUT2D eigenvalue weighted by Gasteiger charge is -2.02. The zero-order chi connectivity index (χ0) is 19.9. The Morgan fingerprint density at radius 3 is 1.54 bits per heavy atom. The minimum absolute atomic E-state index is 0.137. The van der Waals surface area contributed by atoms with Crippen LogP contribution in [-0.2, 0) is 9.47 Å². The van der Waals surface area contributed by atoms with E-state index in [1.54, 1.807) is 0 Å². The first kappa shape index (κ1) is 22.9. The second-order valence-corrected chi connectivity index (χ2v) is 4.72. The van der Waals surface area contributed by atoms with Crippen LogP contribution >= 0.6 is 0 Å². The lowest BCUT2D eigenvalue weighted by atomic mass is 10.2. The van der Waals surface area contributed by atoms with Crippen molar-refractivity contribution in [2.45, 2.75) is 13.3 Å². The van der Waals surface area contributed by atoms with Crippen LogP contribution in [0.4, 0.5) is 0 Å². The van der Waals surface area contributed by atoms with Crippen molar-refractivity contribution in [1.82, 2.24) is 0 Å². The average Bonchev–Trinajstić information content (AvgIpc) is 2.68. The molecule has 8 heteroatoms. The minimum atomic E-state index is -0.398. The Bertz CT molecular complexity index is 650. The molecule has 0 aliphatic heterocycles. The lowest BCUT2D eigenvalue weighted by Crippen LogP contribution is -2.05. The summed E-state index contributed by atoms with van der Waals surface area (Å²) in [6.07, 6.45) is 0.809. The second kappa shape index (κ2) is 13.2. The van der Waals surface area contributed by atoms with Crippen LogP contribution in [0.3, 0.4) is 0 Å². The van der Waals surface area contributed by atoms with Gasteiger partial charge in [0.2, 0.25) is 0 Å². The molecule has 0 aromatic heterocycles. The smallest absolute Gasteiger partial charge is 0.338 e. The van der Waals surface area contributed by atoms with E-state index in [0.29, 0.717) is 17.7 Å². The molecule has 26 heavy (non-hydrogen) atoms. The summed E-state index contributed by atoms with van der Waals surface area (Å²) in [7, 11) is 1.31. The van der Waals surface area contributed by atoms with Gasteiger partial charge in [-0.25, -0.2) is 9.59 Å². The zero-order valence-electron chi connectivity index (χ0n) is 14.5. The number of ether oxygens (including phenoxy) is 2. The van der Waals surface area contributed by atoms with Crippen molar-refractivity contribution in [1.29, 1.82) is 0 Å². The number of rotatable bonds is 4. The normalized spacial score (nSPS) is 8.92. The van der Waals surface area contributed by atoms with Crippen molar-refractivity contribution in [2.75, 3.05) is 13.7 Å². The van der Waals surface area contributed by atoms with Gasteiger partial charge in [0.05, 0.1) is 24.8 Å². The first-order valence-electron chi connectivity index (χ1n) is 7.51.